The van der Waals surface area contributed by atoms with Crippen LogP contribution in [0.15, 0.2) is 60.7 Å². The Kier molecular flexibility index (Phi) is 6.56. The summed E-state index contributed by atoms with van der Waals surface area (Å²) in [6.45, 7) is 1.51. The van der Waals surface area contributed by atoms with E-state index in [-0.39, 0.29) is 12.0 Å². The average Bonchev–Trinajstić information content (AvgIpc) is 2.68. The van der Waals surface area contributed by atoms with Crippen molar-refractivity contribution in [1.29, 1.82) is 0 Å². The molecule has 0 spiro atoms. The molecule has 2 aromatic carbocycles. The molecule has 1 aliphatic rings. The van der Waals surface area contributed by atoms with Gasteiger partial charge in [0.25, 0.3) is 0 Å². The van der Waals surface area contributed by atoms with E-state index in [9.17, 15) is 4.79 Å². The van der Waals surface area contributed by atoms with E-state index in [0.29, 0.717) is 13.2 Å². The second kappa shape index (κ2) is 9.32. The Morgan fingerprint density at radius 1 is 0.960 bits per heavy atom. The monoisotopic (exact) mass is 340 g/mol. The minimum absolute atomic E-state index is 0.209. The lowest BCUT2D eigenvalue weighted by Crippen LogP contribution is -2.52. The van der Waals surface area contributed by atoms with E-state index >= 15 is 0 Å². The number of benzene rings is 2. The molecule has 1 atom stereocenters. The summed E-state index contributed by atoms with van der Waals surface area (Å²) in [5, 5.41) is 1.85. The average molecular weight is 340 g/mol. The molecule has 5 heteroatoms. The molecule has 0 aromatic heterocycles. The van der Waals surface area contributed by atoms with Gasteiger partial charge in [-0.3, -0.25) is 9.63 Å². The Labute approximate surface area is 148 Å². The molecule has 0 bridgehead atoms. The van der Waals surface area contributed by atoms with E-state index in [0.717, 1.165) is 36.9 Å². The van der Waals surface area contributed by atoms with E-state index in [4.69, 9.17) is 9.57 Å². The first kappa shape index (κ1) is 17.6. The fourth-order valence-corrected chi connectivity index (χ4v) is 2.88. The number of nitrogens with zero attached hydrogens (tertiary/aromatic N) is 1. The molecule has 1 heterocycles. The third-order valence-electron chi connectivity index (χ3n) is 4.26. The maximum absolute atomic E-state index is 12.5. The summed E-state index contributed by atoms with van der Waals surface area (Å²) in [6.07, 6.45) is 2.82. The number of rotatable bonds is 7. The van der Waals surface area contributed by atoms with Crippen LogP contribution < -0.4 is 5.59 Å². The lowest BCUT2D eigenvalue weighted by molar-refractivity contribution is -0.169. The molecule has 0 aliphatic carbocycles. The molecular formula is C20H24N2O3. The number of piperidine rings is 1. The maximum atomic E-state index is 12.5. The van der Waals surface area contributed by atoms with Crippen molar-refractivity contribution >= 4 is 5.97 Å². The van der Waals surface area contributed by atoms with Crippen LogP contribution in [0, 0.1) is 0 Å². The van der Waals surface area contributed by atoms with Crippen LogP contribution in [-0.2, 0) is 27.6 Å². The predicted molar refractivity (Wildman–Crippen MR) is 94.9 cm³/mol. The number of nitrogens with one attached hydrogen (secondary N) is 1. The zero-order valence-electron chi connectivity index (χ0n) is 14.3. The van der Waals surface area contributed by atoms with Crippen molar-refractivity contribution < 1.29 is 14.4 Å². The Balaban J connectivity index is 1.48. The molecule has 2 aromatic rings. The Morgan fingerprint density at radius 2 is 1.60 bits per heavy atom. The zero-order chi connectivity index (χ0) is 17.3. The summed E-state index contributed by atoms with van der Waals surface area (Å²) in [4.78, 5) is 18.0. The molecule has 0 radical (unpaired) electrons. The van der Waals surface area contributed by atoms with E-state index in [1.807, 2.05) is 65.7 Å². The van der Waals surface area contributed by atoms with E-state index < -0.39 is 0 Å². The summed E-state index contributed by atoms with van der Waals surface area (Å²) in [6, 6.07) is 19.3. The lowest BCUT2D eigenvalue weighted by Gasteiger charge is -2.33. The largest absolute Gasteiger partial charge is 0.460 e. The number of hydrogen-bond donors (Lipinski definition) is 1. The number of ether oxygens (including phenoxy) is 1. The van der Waals surface area contributed by atoms with Gasteiger partial charge in [0.05, 0.1) is 6.61 Å². The van der Waals surface area contributed by atoms with Crippen LogP contribution in [0.1, 0.15) is 30.4 Å². The van der Waals surface area contributed by atoms with Crippen LogP contribution in [0.25, 0.3) is 0 Å². The van der Waals surface area contributed by atoms with Crippen LogP contribution in [0.2, 0.25) is 0 Å². The summed E-state index contributed by atoms with van der Waals surface area (Å²) in [5.41, 5.74) is 5.00. The first-order valence-electron chi connectivity index (χ1n) is 8.71. The molecule has 5 nitrogen and oxygen atoms in total. The highest BCUT2D eigenvalue weighted by Crippen LogP contribution is 2.17. The van der Waals surface area contributed by atoms with Gasteiger partial charge in [0.2, 0.25) is 0 Å². The van der Waals surface area contributed by atoms with Crippen LogP contribution >= 0.6 is 0 Å². The number of esters is 1. The lowest BCUT2D eigenvalue weighted by atomic mass is 10.0. The Hall–Kier alpha value is -2.21. The summed E-state index contributed by atoms with van der Waals surface area (Å²) >= 11 is 0. The third kappa shape index (κ3) is 5.39. The summed E-state index contributed by atoms with van der Waals surface area (Å²) < 4.78 is 5.49. The minimum atomic E-state index is -0.312. The molecule has 25 heavy (non-hydrogen) atoms. The van der Waals surface area contributed by atoms with E-state index in [2.05, 4.69) is 5.59 Å². The number of hydrazine groups is 1. The van der Waals surface area contributed by atoms with Crippen molar-refractivity contribution in [1.82, 2.24) is 10.6 Å². The quantitative estimate of drug-likeness (QED) is 0.619. The van der Waals surface area contributed by atoms with Gasteiger partial charge >= 0.3 is 5.97 Å². The van der Waals surface area contributed by atoms with Gasteiger partial charge in [-0.2, -0.15) is 0 Å². The first-order valence-corrected chi connectivity index (χ1v) is 8.71. The maximum Gasteiger partial charge on any atom is 0.325 e. The number of carbonyl (C=O) groups is 1. The van der Waals surface area contributed by atoms with Crippen LogP contribution in [-0.4, -0.2) is 23.6 Å². The second-order valence-corrected chi connectivity index (χ2v) is 6.16. The van der Waals surface area contributed by atoms with Crippen molar-refractivity contribution in [2.75, 3.05) is 6.54 Å². The molecule has 1 aliphatic heterocycles. The molecule has 3 rings (SSSR count). The standard InChI is InChI=1S/C20H24N2O3/c23-20(24-15-17-9-3-1-4-10-17)19-13-7-8-14-22(19)21-25-16-18-11-5-2-6-12-18/h1-6,9-12,19,21H,7-8,13-16H2. The van der Waals surface area contributed by atoms with E-state index in [1.54, 1.807) is 0 Å². The van der Waals surface area contributed by atoms with Crippen LogP contribution in [0.5, 0.6) is 0 Å². The highest BCUT2D eigenvalue weighted by atomic mass is 16.7. The first-order chi connectivity index (χ1) is 12.3. The minimum Gasteiger partial charge on any atom is -0.460 e. The highest BCUT2D eigenvalue weighted by Gasteiger charge is 2.30. The molecule has 132 valence electrons. The van der Waals surface area contributed by atoms with Crippen LogP contribution in [0.3, 0.4) is 0 Å². The topological polar surface area (TPSA) is 50.8 Å². The number of carbonyl (C=O) groups excluding carboxylic acids is 1. The molecule has 1 fully saturated rings. The molecule has 1 unspecified atom stereocenters. The van der Waals surface area contributed by atoms with E-state index in [1.165, 1.54) is 0 Å². The molecular weight excluding hydrogens is 316 g/mol. The van der Waals surface area contributed by atoms with Gasteiger partial charge in [-0.15, -0.1) is 5.59 Å². The highest BCUT2D eigenvalue weighted by molar-refractivity contribution is 5.75. The normalized spacial score (nSPS) is 18.0. The Morgan fingerprint density at radius 3 is 2.28 bits per heavy atom. The van der Waals surface area contributed by atoms with Crippen molar-refractivity contribution in [2.45, 2.75) is 38.5 Å². The molecule has 0 amide bonds. The molecule has 1 saturated heterocycles. The van der Waals surface area contributed by atoms with Crippen LogP contribution in [0.4, 0.5) is 0 Å². The van der Waals surface area contributed by atoms with Gasteiger partial charge in [-0.1, -0.05) is 60.7 Å². The van der Waals surface area contributed by atoms with Crippen molar-refractivity contribution in [2.24, 2.45) is 0 Å². The van der Waals surface area contributed by atoms with Gasteiger partial charge in [0, 0.05) is 6.54 Å². The van der Waals surface area contributed by atoms with Gasteiger partial charge in [0.1, 0.15) is 12.6 Å². The fourth-order valence-electron chi connectivity index (χ4n) is 2.88. The summed E-state index contributed by atoms with van der Waals surface area (Å²) in [7, 11) is 0. The van der Waals surface area contributed by atoms with Gasteiger partial charge in [-0.25, -0.2) is 5.01 Å². The van der Waals surface area contributed by atoms with Crippen molar-refractivity contribution in [3.8, 4) is 0 Å². The van der Waals surface area contributed by atoms with Gasteiger partial charge in [0.15, 0.2) is 0 Å². The predicted octanol–water partition coefficient (Wildman–Crippen LogP) is 3.22. The summed E-state index contributed by atoms with van der Waals surface area (Å²) in [5.74, 6) is -0.209. The fraction of sp³-hybridized carbons (Fsp3) is 0.350. The van der Waals surface area contributed by atoms with Crippen molar-refractivity contribution in [3.63, 3.8) is 0 Å². The zero-order valence-corrected chi connectivity index (χ0v) is 14.3. The molecule has 0 saturated carbocycles. The van der Waals surface area contributed by atoms with Gasteiger partial charge < -0.3 is 4.74 Å². The smallest absolute Gasteiger partial charge is 0.325 e. The number of hydrogen-bond acceptors (Lipinski definition) is 5. The Bertz CT molecular complexity index is 649. The molecule has 1 N–H and O–H groups in total. The second-order valence-electron chi connectivity index (χ2n) is 6.16. The van der Waals surface area contributed by atoms with Gasteiger partial charge in [-0.05, 0) is 30.4 Å². The SMILES string of the molecule is O=C(OCc1ccccc1)C1CCCCN1NOCc1ccccc1. The third-order valence-corrected chi connectivity index (χ3v) is 4.26. The van der Waals surface area contributed by atoms with Crippen molar-refractivity contribution in [3.05, 3.63) is 71.8 Å².